The van der Waals surface area contributed by atoms with Crippen molar-refractivity contribution in [3.63, 3.8) is 0 Å². The number of para-hydroxylation sites is 2. The number of nitrogens with zero attached hydrogens (tertiary/aromatic N) is 1. The number of sulfonamides is 1. The number of halogens is 2. The zero-order valence-corrected chi connectivity index (χ0v) is 15.7. The van der Waals surface area contributed by atoms with Crippen molar-refractivity contribution in [1.82, 2.24) is 5.32 Å². The lowest BCUT2D eigenvalue weighted by molar-refractivity contribution is -0.120. The lowest BCUT2D eigenvalue weighted by atomic mass is 10.2. The van der Waals surface area contributed by atoms with E-state index >= 15 is 0 Å². The number of amides is 1. The number of nitrogens with one attached hydrogen (secondary N) is 1. The van der Waals surface area contributed by atoms with Crippen molar-refractivity contribution in [3.05, 3.63) is 54.1 Å². The SMILES string of the molecule is CS(=O)(=O)N(CC(=O)NC[C@H]1COc2ccccc2O1)c1ccc(F)c(F)c1. The van der Waals surface area contributed by atoms with Crippen LogP contribution in [0.2, 0.25) is 0 Å². The second-order valence-corrected chi connectivity index (χ2v) is 8.08. The number of carbonyl (C=O) groups is 1. The predicted molar refractivity (Wildman–Crippen MR) is 97.9 cm³/mol. The molecule has 0 saturated carbocycles. The van der Waals surface area contributed by atoms with E-state index in [0.29, 0.717) is 15.8 Å². The average molecular weight is 412 g/mol. The molecule has 0 radical (unpaired) electrons. The maximum atomic E-state index is 13.4. The minimum absolute atomic E-state index is 0.0859. The third kappa shape index (κ3) is 4.69. The molecule has 0 saturated heterocycles. The Hall–Kier alpha value is -2.88. The third-order valence-electron chi connectivity index (χ3n) is 3.97. The first-order valence-corrected chi connectivity index (χ1v) is 10.2. The van der Waals surface area contributed by atoms with E-state index in [-0.39, 0.29) is 18.8 Å². The molecule has 0 fully saturated rings. The van der Waals surface area contributed by atoms with Crippen molar-refractivity contribution in [2.75, 3.05) is 30.3 Å². The van der Waals surface area contributed by atoms with Crippen molar-refractivity contribution < 1.29 is 31.5 Å². The molecule has 1 atom stereocenters. The molecule has 0 aromatic heterocycles. The van der Waals surface area contributed by atoms with E-state index in [1.165, 1.54) is 0 Å². The molecule has 7 nitrogen and oxygen atoms in total. The smallest absolute Gasteiger partial charge is 0.240 e. The number of fused-ring (bicyclic) bond motifs is 1. The molecule has 2 aromatic rings. The van der Waals surface area contributed by atoms with Gasteiger partial charge in [0.25, 0.3) is 0 Å². The average Bonchev–Trinajstić information content (AvgIpc) is 2.65. The highest BCUT2D eigenvalue weighted by molar-refractivity contribution is 7.92. The number of benzene rings is 2. The molecule has 2 aromatic carbocycles. The largest absolute Gasteiger partial charge is 0.486 e. The molecule has 0 aliphatic carbocycles. The topological polar surface area (TPSA) is 84.9 Å². The van der Waals surface area contributed by atoms with Crippen molar-refractivity contribution >= 4 is 21.6 Å². The van der Waals surface area contributed by atoms with Crippen LogP contribution in [-0.4, -0.2) is 46.4 Å². The molecule has 1 heterocycles. The second kappa shape index (κ2) is 8.01. The first-order valence-electron chi connectivity index (χ1n) is 8.32. The van der Waals surface area contributed by atoms with Crippen LogP contribution in [0.4, 0.5) is 14.5 Å². The zero-order chi connectivity index (χ0) is 20.3. The Morgan fingerprint density at radius 3 is 2.57 bits per heavy atom. The first kappa shape index (κ1) is 19.9. The monoisotopic (exact) mass is 412 g/mol. The van der Waals surface area contributed by atoms with E-state index in [2.05, 4.69) is 5.32 Å². The molecule has 1 aliphatic rings. The molecule has 0 unspecified atom stereocenters. The van der Waals surface area contributed by atoms with Crippen LogP contribution in [0.15, 0.2) is 42.5 Å². The van der Waals surface area contributed by atoms with Crippen LogP contribution < -0.4 is 19.1 Å². The van der Waals surface area contributed by atoms with Crippen LogP contribution >= 0.6 is 0 Å². The summed E-state index contributed by atoms with van der Waals surface area (Å²) in [5.74, 6) is -1.80. The van der Waals surface area contributed by atoms with Gasteiger partial charge in [-0.1, -0.05) is 12.1 Å². The highest BCUT2D eigenvalue weighted by atomic mass is 32.2. The first-order chi connectivity index (χ1) is 13.2. The van der Waals surface area contributed by atoms with Gasteiger partial charge in [-0.25, -0.2) is 17.2 Å². The Kier molecular flexibility index (Phi) is 5.68. The lowest BCUT2D eigenvalue weighted by Crippen LogP contribution is -2.45. The Labute approximate surface area is 160 Å². The van der Waals surface area contributed by atoms with Crippen LogP contribution in [0.25, 0.3) is 0 Å². The summed E-state index contributed by atoms with van der Waals surface area (Å²) in [6.45, 7) is -0.285. The van der Waals surface area contributed by atoms with Crippen molar-refractivity contribution in [2.45, 2.75) is 6.10 Å². The highest BCUT2D eigenvalue weighted by Gasteiger charge is 2.24. The summed E-state index contributed by atoms with van der Waals surface area (Å²) in [6.07, 6.45) is 0.421. The fourth-order valence-electron chi connectivity index (χ4n) is 2.62. The number of carbonyl (C=O) groups excluding carboxylic acids is 1. The molecule has 0 bridgehead atoms. The second-order valence-electron chi connectivity index (χ2n) is 6.17. The Bertz CT molecular complexity index is 984. The van der Waals surface area contributed by atoms with Crippen LogP contribution in [0.5, 0.6) is 11.5 Å². The van der Waals surface area contributed by atoms with Gasteiger partial charge in [0.1, 0.15) is 19.3 Å². The van der Waals surface area contributed by atoms with Crippen LogP contribution in [0, 0.1) is 11.6 Å². The third-order valence-corrected chi connectivity index (χ3v) is 5.11. The predicted octanol–water partition coefficient (Wildman–Crippen LogP) is 1.69. The van der Waals surface area contributed by atoms with E-state index in [4.69, 9.17) is 9.47 Å². The molecule has 1 N–H and O–H groups in total. The van der Waals surface area contributed by atoms with E-state index in [0.717, 1.165) is 24.5 Å². The molecule has 0 spiro atoms. The van der Waals surface area contributed by atoms with Gasteiger partial charge in [-0.2, -0.15) is 0 Å². The minimum Gasteiger partial charge on any atom is -0.486 e. The molecule has 1 aliphatic heterocycles. The van der Waals surface area contributed by atoms with E-state index in [9.17, 15) is 22.0 Å². The Morgan fingerprint density at radius 2 is 1.89 bits per heavy atom. The summed E-state index contributed by atoms with van der Waals surface area (Å²) in [5.41, 5.74) is -0.150. The van der Waals surface area contributed by atoms with Crippen LogP contribution in [0.3, 0.4) is 0 Å². The normalized spacial score (nSPS) is 15.8. The van der Waals surface area contributed by atoms with Gasteiger partial charge in [0.15, 0.2) is 23.1 Å². The summed E-state index contributed by atoms with van der Waals surface area (Å²) in [5, 5.41) is 2.56. The van der Waals surface area contributed by atoms with Gasteiger partial charge in [0.2, 0.25) is 15.9 Å². The quantitative estimate of drug-likeness (QED) is 0.781. The molecule has 28 heavy (non-hydrogen) atoms. The standard InChI is InChI=1S/C18H18F2N2O5S/c1-28(24,25)22(12-6-7-14(19)15(20)8-12)10-18(23)21-9-13-11-26-16-4-2-3-5-17(16)27-13/h2-8,13H,9-11H2,1H3,(H,21,23)/t13-/m0/s1. The number of anilines is 1. The maximum Gasteiger partial charge on any atom is 0.240 e. The molecule has 3 rings (SSSR count). The van der Waals surface area contributed by atoms with Crippen molar-refractivity contribution in [3.8, 4) is 11.5 Å². The molecule has 1 amide bonds. The summed E-state index contributed by atoms with van der Waals surface area (Å²) in [4.78, 5) is 12.2. The minimum atomic E-state index is -3.90. The van der Waals surface area contributed by atoms with Gasteiger partial charge < -0.3 is 14.8 Å². The van der Waals surface area contributed by atoms with Crippen LogP contribution in [0.1, 0.15) is 0 Å². The van der Waals surface area contributed by atoms with Crippen molar-refractivity contribution in [2.24, 2.45) is 0 Å². The Balaban J connectivity index is 1.62. The fourth-order valence-corrected chi connectivity index (χ4v) is 3.47. The van der Waals surface area contributed by atoms with Gasteiger partial charge in [0.05, 0.1) is 18.5 Å². The highest BCUT2D eigenvalue weighted by Crippen LogP contribution is 2.30. The summed E-state index contributed by atoms with van der Waals surface area (Å²) >= 11 is 0. The molecular weight excluding hydrogens is 394 g/mol. The van der Waals surface area contributed by atoms with Crippen LogP contribution in [-0.2, 0) is 14.8 Å². The van der Waals surface area contributed by atoms with E-state index < -0.39 is 40.2 Å². The van der Waals surface area contributed by atoms with E-state index in [1.807, 2.05) is 6.07 Å². The van der Waals surface area contributed by atoms with Gasteiger partial charge >= 0.3 is 0 Å². The van der Waals surface area contributed by atoms with Crippen molar-refractivity contribution in [1.29, 1.82) is 0 Å². The molecular formula is C18H18F2N2O5S. The maximum absolute atomic E-state index is 13.4. The van der Waals surface area contributed by atoms with Gasteiger partial charge in [0, 0.05) is 6.07 Å². The fraction of sp³-hybridized carbons (Fsp3) is 0.278. The lowest BCUT2D eigenvalue weighted by Gasteiger charge is -2.27. The Morgan fingerprint density at radius 1 is 1.18 bits per heavy atom. The number of rotatable bonds is 6. The summed E-state index contributed by atoms with van der Waals surface area (Å²) in [7, 11) is -3.90. The van der Waals surface area contributed by atoms with Gasteiger partial charge in [-0.05, 0) is 24.3 Å². The van der Waals surface area contributed by atoms with E-state index in [1.54, 1.807) is 18.2 Å². The van der Waals surface area contributed by atoms with Gasteiger partial charge in [-0.3, -0.25) is 9.10 Å². The number of hydrogen-bond donors (Lipinski definition) is 1. The summed E-state index contributed by atoms with van der Waals surface area (Å²) in [6, 6.07) is 9.69. The number of hydrogen-bond acceptors (Lipinski definition) is 5. The summed E-state index contributed by atoms with van der Waals surface area (Å²) < 4.78 is 62.5. The number of ether oxygens (including phenoxy) is 2. The molecule has 150 valence electrons. The zero-order valence-electron chi connectivity index (χ0n) is 14.9. The molecule has 10 heteroatoms. The van der Waals surface area contributed by atoms with Gasteiger partial charge in [-0.15, -0.1) is 0 Å².